The van der Waals surface area contributed by atoms with Gasteiger partial charge in [0.1, 0.15) is 24.0 Å². The predicted octanol–water partition coefficient (Wildman–Crippen LogP) is 5.48. The van der Waals surface area contributed by atoms with Gasteiger partial charge in [-0.1, -0.05) is 6.92 Å². The summed E-state index contributed by atoms with van der Waals surface area (Å²) in [6, 6.07) is 6.81. The molecule has 38 heavy (non-hydrogen) atoms. The van der Waals surface area contributed by atoms with Gasteiger partial charge in [0.05, 0.1) is 18.6 Å². The van der Waals surface area contributed by atoms with Gasteiger partial charge in [-0.05, 0) is 75.2 Å². The molecule has 0 bridgehead atoms. The number of halogens is 3. The Labute approximate surface area is 221 Å². The van der Waals surface area contributed by atoms with Crippen LogP contribution < -0.4 is 4.74 Å². The average molecular weight is 532 g/mol. The Bertz CT molecular complexity index is 1300. The molecule has 9 heteroatoms. The van der Waals surface area contributed by atoms with Crippen LogP contribution in [0.3, 0.4) is 0 Å². The van der Waals surface area contributed by atoms with Crippen LogP contribution in [-0.4, -0.2) is 71.9 Å². The maximum absolute atomic E-state index is 15.7. The van der Waals surface area contributed by atoms with Crippen LogP contribution in [0.5, 0.6) is 5.75 Å². The van der Waals surface area contributed by atoms with Gasteiger partial charge in [-0.25, -0.2) is 8.78 Å². The van der Waals surface area contributed by atoms with Crippen LogP contribution >= 0.6 is 0 Å². The van der Waals surface area contributed by atoms with E-state index in [9.17, 15) is 18.7 Å². The van der Waals surface area contributed by atoms with Crippen molar-refractivity contribution in [3.63, 3.8) is 0 Å². The van der Waals surface area contributed by atoms with Gasteiger partial charge in [-0.2, -0.15) is 0 Å². The van der Waals surface area contributed by atoms with E-state index in [1.54, 1.807) is 26.0 Å². The number of carboxylic acid groups (broad SMARTS) is 1. The van der Waals surface area contributed by atoms with Crippen molar-refractivity contribution in [1.29, 1.82) is 0 Å². The summed E-state index contributed by atoms with van der Waals surface area (Å²) in [5, 5.41) is 10.4. The molecule has 1 aliphatic heterocycles. The van der Waals surface area contributed by atoms with Gasteiger partial charge in [0, 0.05) is 47.8 Å². The van der Waals surface area contributed by atoms with Crippen LogP contribution in [0, 0.1) is 24.5 Å². The van der Waals surface area contributed by atoms with Crippen LogP contribution in [0.15, 0.2) is 30.3 Å². The normalized spacial score (nSPS) is 18.6. The molecule has 6 nitrogen and oxygen atoms in total. The molecule has 2 N–H and O–H groups in total. The first-order valence-corrected chi connectivity index (χ1v) is 13.1. The van der Waals surface area contributed by atoms with E-state index < -0.39 is 23.7 Å². The lowest BCUT2D eigenvalue weighted by molar-refractivity contribution is -0.142. The van der Waals surface area contributed by atoms with Gasteiger partial charge in [-0.15, -0.1) is 0 Å². The highest BCUT2D eigenvalue weighted by atomic mass is 19.1. The number of aromatic amines is 1. The zero-order chi connectivity index (χ0) is 27.6. The van der Waals surface area contributed by atoms with Gasteiger partial charge in [-0.3, -0.25) is 14.1 Å². The molecule has 0 fully saturated rings. The van der Waals surface area contributed by atoms with Crippen molar-refractivity contribution >= 4 is 16.9 Å². The van der Waals surface area contributed by atoms with Crippen molar-refractivity contribution in [1.82, 2.24) is 14.8 Å². The molecule has 0 saturated carbocycles. The molecule has 2 heterocycles. The summed E-state index contributed by atoms with van der Waals surface area (Å²) in [5.41, 5.74) is 3.44. The Morgan fingerprint density at radius 2 is 2.03 bits per heavy atom. The Kier molecular flexibility index (Phi) is 8.67. The van der Waals surface area contributed by atoms with Crippen LogP contribution in [0.1, 0.15) is 48.7 Å². The molecule has 3 aromatic rings. The minimum Gasteiger partial charge on any atom is -0.492 e. The maximum atomic E-state index is 15.7. The fourth-order valence-electron chi connectivity index (χ4n) is 5.44. The second kappa shape index (κ2) is 11.8. The highest BCUT2D eigenvalue weighted by Crippen LogP contribution is 2.44. The second-order valence-corrected chi connectivity index (χ2v) is 10.4. The number of benzene rings is 2. The number of ether oxygens (including phenoxy) is 1. The molecule has 0 spiro atoms. The van der Waals surface area contributed by atoms with Crippen LogP contribution in [0.4, 0.5) is 13.2 Å². The van der Waals surface area contributed by atoms with Crippen LogP contribution in [0.25, 0.3) is 10.9 Å². The lowest BCUT2D eigenvalue weighted by Gasteiger charge is -2.42. The Balaban J connectivity index is 1.76. The van der Waals surface area contributed by atoms with E-state index >= 15 is 4.39 Å². The van der Waals surface area contributed by atoms with Crippen molar-refractivity contribution in [3.05, 3.63) is 64.4 Å². The molecule has 0 amide bonds. The van der Waals surface area contributed by atoms with E-state index in [1.165, 1.54) is 18.2 Å². The Morgan fingerprint density at radius 1 is 1.26 bits per heavy atom. The molecular formula is C29H36F3N3O3. The number of rotatable bonds is 11. The fraction of sp³-hybridized carbons (Fsp3) is 0.483. The van der Waals surface area contributed by atoms with E-state index in [1.807, 2.05) is 23.8 Å². The second-order valence-electron chi connectivity index (χ2n) is 10.4. The van der Waals surface area contributed by atoms with E-state index in [2.05, 4.69) is 4.98 Å². The molecule has 0 saturated heterocycles. The standard InChI is InChI=1S/C29H36F3N3O3/c1-17(29(36)37)16-35-18(2)14-22-21-15-20(31)6-8-24(21)33-27(22)28(35)26-19(3)25(9-7-23(26)32)38-13-12-34(4)11-5-10-30/h6-9,15,17-18,28,33H,5,10-14,16H2,1-4H3,(H,36,37)/t17?,18-,28?/m1/s1. The first-order chi connectivity index (χ1) is 18.1. The van der Waals surface area contributed by atoms with Crippen molar-refractivity contribution in [2.24, 2.45) is 5.92 Å². The van der Waals surface area contributed by atoms with E-state index in [-0.39, 0.29) is 25.1 Å². The van der Waals surface area contributed by atoms with Crippen molar-refractivity contribution < 1.29 is 27.8 Å². The molecule has 1 aromatic heterocycles. The van der Waals surface area contributed by atoms with Gasteiger partial charge in [0.15, 0.2) is 0 Å². The third kappa shape index (κ3) is 5.68. The summed E-state index contributed by atoms with van der Waals surface area (Å²) in [6.45, 7) is 6.85. The molecule has 0 aliphatic carbocycles. The smallest absolute Gasteiger partial charge is 0.307 e. The number of carbonyl (C=O) groups is 1. The summed E-state index contributed by atoms with van der Waals surface area (Å²) < 4.78 is 48.4. The van der Waals surface area contributed by atoms with E-state index in [0.717, 1.165) is 22.2 Å². The Morgan fingerprint density at radius 3 is 2.74 bits per heavy atom. The molecule has 0 radical (unpaired) electrons. The number of nitrogens with one attached hydrogen (secondary N) is 1. The zero-order valence-electron chi connectivity index (χ0n) is 22.4. The number of aliphatic carboxylic acids is 1. The average Bonchev–Trinajstić information content (AvgIpc) is 3.22. The first-order valence-electron chi connectivity index (χ1n) is 13.1. The topological polar surface area (TPSA) is 68.8 Å². The molecule has 2 aromatic carbocycles. The lowest BCUT2D eigenvalue weighted by Crippen LogP contribution is -2.46. The minimum atomic E-state index is -0.924. The molecule has 206 valence electrons. The summed E-state index contributed by atoms with van der Waals surface area (Å²) in [6.07, 6.45) is 1.03. The van der Waals surface area contributed by atoms with E-state index in [0.29, 0.717) is 49.4 Å². The summed E-state index contributed by atoms with van der Waals surface area (Å²) in [4.78, 5) is 19.2. The number of carboxylic acids is 1. The number of fused-ring (bicyclic) bond motifs is 3. The number of likely N-dealkylation sites (N-methyl/N-ethyl adjacent to an activating group) is 1. The molecule has 4 rings (SSSR count). The summed E-state index contributed by atoms with van der Waals surface area (Å²) in [7, 11) is 1.90. The van der Waals surface area contributed by atoms with E-state index in [4.69, 9.17) is 4.74 Å². The third-order valence-electron chi connectivity index (χ3n) is 7.57. The summed E-state index contributed by atoms with van der Waals surface area (Å²) >= 11 is 0. The maximum Gasteiger partial charge on any atom is 0.307 e. The fourth-order valence-corrected chi connectivity index (χ4v) is 5.44. The largest absolute Gasteiger partial charge is 0.492 e. The lowest BCUT2D eigenvalue weighted by atomic mass is 9.85. The van der Waals surface area contributed by atoms with Crippen LogP contribution in [-0.2, 0) is 11.2 Å². The van der Waals surface area contributed by atoms with Crippen LogP contribution in [0.2, 0.25) is 0 Å². The van der Waals surface area contributed by atoms with Gasteiger partial charge >= 0.3 is 5.97 Å². The van der Waals surface area contributed by atoms with Crippen molar-refractivity contribution in [2.45, 2.75) is 45.7 Å². The number of hydrogen-bond acceptors (Lipinski definition) is 4. The highest BCUT2D eigenvalue weighted by molar-refractivity contribution is 5.85. The number of hydrogen-bond donors (Lipinski definition) is 2. The SMILES string of the molecule is Cc1c(OCCN(C)CCCF)ccc(F)c1C1c2[nH]c3ccc(F)cc3c2C[C@@H](C)N1CC(C)C(=O)O. The Hall–Kier alpha value is -3.04. The number of alkyl halides is 1. The first kappa shape index (κ1) is 28.0. The predicted molar refractivity (Wildman–Crippen MR) is 141 cm³/mol. The zero-order valence-corrected chi connectivity index (χ0v) is 22.4. The number of nitrogens with zero attached hydrogens (tertiary/aromatic N) is 2. The molecule has 3 atom stereocenters. The molecule has 1 aliphatic rings. The quantitative estimate of drug-likeness (QED) is 0.343. The minimum absolute atomic E-state index is 0.121. The highest BCUT2D eigenvalue weighted by Gasteiger charge is 2.39. The van der Waals surface area contributed by atoms with Crippen molar-refractivity contribution in [3.8, 4) is 5.75 Å². The third-order valence-corrected chi connectivity index (χ3v) is 7.57. The summed E-state index contributed by atoms with van der Waals surface area (Å²) in [5.74, 6) is -1.83. The monoisotopic (exact) mass is 531 g/mol. The van der Waals surface area contributed by atoms with Gasteiger partial charge in [0.2, 0.25) is 0 Å². The van der Waals surface area contributed by atoms with Gasteiger partial charge < -0.3 is 19.7 Å². The number of H-pyrrole nitrogens is 1. The number of aromatic nitrogens is 1. The van der Waals surface area contributed by atoms with Crippen molar-refractivity contribution in [2.75, 3.05) is 40.0 Å². The molecular weight excluding hydrogens is 495 g/mol. The molecule has 2 unspecified atom stereocenters. The van der Waals surface area contributed by atoms with Gasteiger partial charge in [0.25, 0.3) is 0 Å².